The van der Waals surface area contributed by atoms with Gasteiger partial charge in [-0.25, -0.2) is 0 Å². The zero-order chi connectivity index (χ0) is 14.7. The predicted molar refractivity (Wildman–Crippen MR) is 90.5 cm³/mol. The molecule has 1 aliphatic carbocycles. The van der Waals surface area contributed by atoms with Crippen molar-refractivity contribution in [3.63, 3.8) is 0 Å². The highest BCUT2D eigenvalue weighted by Crippen LogP contribution is 2.25. The fraction of sp³-hybridized carbons (Fsp3) is 0.444. The van der Waals surface area contributed by atoms with Crippen LogP contribution < -0.4 is 5.32 Å². The van der Waals surface area contributed by atoms with Crippen molar-refractivity contribution in [1.29, 1.82) is 0 Å². The van der Waals surface area contributed by atoms with Gasteiger partial charge in [-0.2, -0.15) is 0 Å². The van der Waals surface area contributed by atoms with Crippen molar-refractivity contribution in [2.75, 3.05) is 7.05 Å². The number of benzene rings is 1. The van der Waals surface area contributed by atoms with Crippen LogP contribution in [0.25, 0.3) is 0 Å². The summed E-state index contributed by atoms with van der Waals surface area (Å²) in [6, 6.07) is 14.6. The summed E-state index contributed by atoms with van der Waals surface area (Å²) in [7, 11) is 2.21. The first-order valence-electron chi connectivity index (χ1n) is 7.77. The molecule has 0 spiro atoms. The summed E-state index contributed by atoms with van der Waals surface area (Å²) in [4.78, 5) is 3.85. The lowest BCUT2D eigenvalue weighted by Crippen LogP contribution is -2.21. The molecular formula is C18H24N2S. The zero-order valence-corrected chi connectivity index (χ0v) is 13.7. The topological polar surface area (TPSA) is 15.3 Å². The van der Waals surface area contributed by atoms with Gasteiger partial charge in [0.2, 0.25) is 0 Å². The van der Waals surface area contributed by atoms with E-state index in [4.69, 9.17) is 0 Å². The highest BCUT2D eigenvalue weighted by Gasteiger charge is 2.20. The Kier molecular flexibility index (Phi) is 4.73. The SMILES string of the molecule is CC(c1cccs1)N(C)Cc1cccc(CNC2CC2)c1. The Bertz CT molecular complexity index is 560. The molecule has 1 N–H and O–H groups in total. The second-order valence-corrected chi connectivity index (χ2v) is 7.06. The molecule has 0 saturated heterocycles. The van der Waals surface area contributed by atoms with Gasteiger partial charge in [0.25, 0.3) is 0 Å². The average Bonchev–Trinajstić information content (AvgIpc) is 3.16. The number of rotatable bonds is 7. The smallest absolute Gasteiger partial charge is 0.0413 e. The molecule has 2 aromatic rings. The van der Waals surface area contributed by atoms with Crippen molar-refractivity contribution in [2.24, 2.45) is 0 Å². The molecule has 112 valence electrons. The molecule has 0 aliphatic heterocycles. The molecule has 2 nitrogen and oxygen atoms in total. The van der Waals surface area contributed by atoms with E-state index in [1.54, 1.807) is 0 Å². The van der Waals surface area contributed by atoms with Gasteiger partial charge in [0.1, 0.15) is 0 Å². The van der Waals surface area contributed by atoms with E-state index in [0.29, 0.717) is 6.04 Å². The van der Waals surface area contributed by atoms with Crippen LogP contribution in [0.4, 0.5) is 0 Å². The maximum absolute atomic E-state index is 3.59. The fourth-order valence-electron chi connectivity index (χ4n) is 2.56. The Morgan fingerprint density at radius 1 is 1.24 bits per heavy atom. The Morgan fingerprint density at radius 2 is 2.05 bits per heavy atom. The van der Waals surface area contributed by atoms with E-state index in [0.717, 1.165) is 19.1 Å². The Hall–Kier alpha value is -1.16. The van der Waals surface area contributed by atoms with E-state index < -0.39 is 0 Å². The molecule has 0 radical (unpaired) electrons. The monoisotopic (exact) mass is 300 g/mol. The maximum Gasteiger partial charge on any atom is 0.0413 e. The van der Waals surface area contributed by atoms with E-state index >= 15 is 0 Å². The third-order valence-electron chi connectivity index (χ3n) is 4.21. The van der Waals surface area contributed by atoms with Crippen LogP contribution in [-0.4, -0.2) is 18.0 Å². The Balaban J connectivity index is 1.59. The van der Waals surface area contributed by atoms with E-state index in [1.165, 1.54) is 28.8 Å². The molecule has 1 heterocycles. The van der Waals surface area contributed by atoms with Crippen LogP contribution in [0.3, 0.4) is 0 Å². The molecule has 1 aromatic carbocycles. The highest BCUT2D eigenvalue weighted by molar-refractivity contribution is 7.10. The van der Waals surface area contributed by atoms with E-state index in [-0.39, 0.29) is 0 Å². The molecule has 1 aromatic heterocycles. The summed E-state index contributed by atoms with van der Waals surface area (Å²) in [5.41, 5.74) is 2.80. The average molecular weight is 300 g/mol. The fourth-order valence-corrected chi connectivity index (χ4v) is 3.41. The van der Waals surface area contributed by atoms with Gasteiger partial charge in [0.15, 0.2) is 0 Å². The van der Waals surface area contributed by atoms with Crippen LogP contribution in [0.5, 0.6) is 0 Å². The summed E-state index contributed by atoms with van der Waals surface area (Å²) in [5, 5.41) is 5.74. The highest BCUT2D eigenvalue weighted by atomic mass is 32.1. The lowest BCUT2D eigenvalue weighted by Gasteiger charge is -2.24. The second-order valence-electron chi connectivity index (χ2n) is 6.08. The third kappa shape index (κ3) is 4.16. The molecule has 1 saturated carbocycles. The first-order chi connectivity index (χ1) is 10.2. The summed E-state index contributed by atoms with van der Waals surface area (Å²) in [5.74, 6) is 0. The van der Waals surface area contributed by atoms with Gasteiger partial charge in [0.05, 0.1) is 0 Å². The second kappa shape index (κ2) is 6.73. The van der Waals surface area contributed by atoms with Crippen LogP contribution in [0.1, 0.15) is 41.8 Å². The molecule has 1 aliphatic rings. The lowest BCUT2D eigenvalue weighted by atomic mass is 10.1. The number of nitrogens with one attached hydrogen (secondary N) is 1. The number of thiophene rings is 1. The third-order valence-corrected chi connectivity index (χ3v) is 5.25. The van der Waals surface area contributed by atoms with Crippen molar-refractivity contribution < 1.29 is 0 Å². The first-order valence-corrected chi connectivity index (χ1v) is 8.65. The summed E-state index contributed by atoms with van der Waals surface area (Å²) in [6.45, 7) is 4.28. The van der Waals surface area contributed by atoms with E-state index in [2.05, 4.69) is 66.0 Å². The van der Waals surface area contributed by atoms with Gasteiger partial charge in [-0.3, -0.25) is 4.90 Å². The quantitative estimate of drug-likeness (QED) is 0.824. The van der Waals surface area contributed by atoms with E-state index in [9.17, 15) is 0 Å². The largest absolute Gasteiger partial charge is 0.310 e. The van der Waals surface area contributed by atoms with E-state index in [1.807, 2.05) is 11.3 Å². The number of hydrogen-bond donors (Lipinski definition) is 1. The minimum absolute atomic E-state index is 0.471. The number of hydrogen-bond acceptors (Lipinski definition) is 3. The predicted octanol–water partition coefficient (Wildman–Crippen LogP) is 4.19. The van der Waals surface area contributed by atoms with Gasteiger partial charge in [-0.15, -0.1) is 11.3 Å². The van der Waals surface area contributed by atoms with Gasteiger partial charge in [-0.05, 0) is 49.4 Å². The maximum atomic E-state index is 3.59. The molecule has 1 atom stereocenters. The first kappa shape index (κ1) is 14.8. The van der Waals surface area contributed by atoms with Crippen molar-refractivity contribution in [1.82, 2.24) is 10.2 Å². The normalized spacial score (nSPS) is 16.3. The molecular weight excluding hydrogens is 276 g/mol. The minimum atomic E-state index is 0.471. The molecule has 3 rings (SSSR count). The van der Waals surface area contributed by atoms with Crippen LogP contribution in [0.15, 0.2) is 41.8 Å². The van der Waals surface area contributed by atoms with Crippen LogP contribution >= 0.6 is 11.3 Å². The molecule has 0 bridgehead atoms. The van der Waals surface area contributed by atoms with Crippen molar-refractivity contribution in [3.8, 4) is 0 Å². The molecule has 0 amide bonds. The minimum Gasteiger partial charge on any atom is -0.310 e. The zero-order valence-electron chi connectivity index (χ0n) is 12.9. The Labute approximate surface area is 131 Å². The molecule has 1 fully saturated rings. The Morgan fingerprint density at radius 3 is 2.76 bits per heavy atom. The molecule has 1 unspecified atom stereocenters. The van der Waals surface area contributed by atoms with Gasteiger partial charge in [-0.1, -0.05) is 30.3 Å². The summed E-state index contributed by atoms with van der Waals surface area (Å²) >= 11 is 1.84. The standard InChI is InChI=1S/C18H24N2S/c1-14(18-7-4-10-21-18)20(2)13-16-6-3-5-15(11-16)12-19-17-8-9-17/h3-7,10-11,14,17,19H,8-9,12-13H2,1-2H3. The molecule has 21 heavy (non-hydrogen) atoms. The summed E-state index contributed by atoms with van der Waals surface area (Å²) in [6.07, 6.45) is 2.70. The molecule has 3 heteroatoms. The van der Waals surface area contributed by atoms with Crippen molar-refractivity contribution in [2.45, 2.75) is 44.9 Å². The van der Waals surface area contributed by atoms with Crippen LogP contribution in [0.2, 0.25) is 0 Å². The van der Waals surface area contributed by atoms with Crippen LogP contribution in [-0.2, 0) is 13.1 Å². The van der Waals surface area contributed by atoms with Crippen molar-refractivity contribution >= 4 is 11.3 Å². The van der Waals surface area contributed by atoms with Gasteiger partial charge >= 0.3 is 0 Å². The summed E-state index contributed by atoms with van der Waals surface area (Å²) < 4.78 is 0. The van der Waals surface area contributed by atoms with Gasteiger partial charge in [0, 0.05) is 30.1 Å². The van der Waals surface area contributed by atoms with Crippen molar-refractivity contribution in [3.05, 3.63) is 57.8 Å². The lowest BCUT2D eigenvalue weighted by molar-refractivity contribution is 0.256. The van der Waals surface area contributed by atoms with Gasteiger partial charge < -0.3 is 5.32 Å². The van der Waals surface area contributed by atoms with Crippen LogP contribution in [0, 0.1) is 0 Å². The number of nitrogens with zero attached hydrogens (tertiary/aromatic N) is 1.